The summed E-state index contributed by atoms with van der Waals surface area (Å²) in [4.78, 5) is 4.35. The summed E-state index contributed by atoms with van der Waals surface area (Å²) in [5.74, 6) is 1.59. The molecule has 2 aromatic rings. The van der Waals surface area contributed by atoms with Crippen LogP contribution < -0.4 is 14.8 Å². The average Bonchev–Trinajstić information content (AvgIpc) is 2.92. The van der Waals surface area contributed by atoms with Gasteiger partial charge in [0, 0.05) is 23.3 Å². The molecule has 2 heterocycles. The minimum Gasteiger partial charge on any atom is -0.454 e. The van der Waals surface area contributed by atoms with Crippen LogP contribution in [0.3, 0.4) is 0 Å². The Hall–Kier alpha value is -1.59. The van der Waals surface area contributed by atoms with Crippen molar-refractivity contribution in [2.24, 2.45) is 0 Å². The van der Waals surface area contributed by atoms with Gasteiger partial charge in [-0.3, -0.25) is 4.98 Å². The number of hydrogen-bond acceptors (Lipinski definition) is 4. The van der Waals surface area contributed by atoms with Gasteiger partial charge in [0.15, 0.2) is 11.5 Å². The van der Waals surface area contributed by atoms with E-state index in [2.05, 4.69) is 33.2 Å². The molecular weight excluding hydrogens is 320 g/mol. The minimum atomic E-state index is 0.188. The third kappa shape index (κ3) is 2.78. The molecule has 20 heavy (non-hydrogen) atoms. The van der Waals surface area contributed by atoms with E-state index in [1.54, 1.807) is 0 Å². The molecule has 4 nitrogen and oxygen atoms in total. The Balaban J connectivity index is 1.70. The third-order valence-electron chi connectivity index (χ3n) is 3.27. The van der Waals surface area contributed by atoms with Gasteiger partial charge in [-0.2, -0.15) is 0 Å². The molecule has 5 heteroatoms. The lowest BCUT2D eigenvalue weighted by Crippen LogP contribution is -2.19. The Morgan fingerprint density at radius 1 is 1.30 bits per heavy atom. The first-order chi connectivity index (χ1) is 9.74. The highest BCUT2D eigenvalue weighted by molar-refractivity contribution is 9.10. The Bertz CT molecular complexity index is 604. The number of benzene rings is 1. The van der Waals surface area contributed by atoms with E-state index >= 15 is 0 Å². The normalized spacial score (nSPS) is 14.3. The van der Waals surface area contributed by atoms with E-state index in [0.717, 1.165) is 33.8 Å². The number of rotatable bonds is 4. The number of ether oxygens (including phenoxy) is 2. The van der Waals surface area contributed by atoms with Crippen molar-refractivity contribution in [1.29, 1.82) is 0 Å². The van der Waals surface area contributed by atoms with Gasteiger partial charge in [-0.05, 0) is 36.8 Å². The van der Waals surface area contributed by atoms with E-state index in [1.807, 2.05) is 36.5 Å². The second-order valence-electron chi connectivity index (χ2n) is 4.65. The van der Waals surface area contributed by atoms with Crippen LogP contribution in [0, 0.1) is 0 Å². The van der Waals surface area contributed by atoms with E-state index in [1.165, 1.54) is 0 Å². The van der Waals surface area contributed by atoms with Gasteiger partial charge in [0.05, 0.1) is 5.69 Å². The van der Waals surface area contributed by atoms with Crippen LogP contribution in [0.25, 0.3) is 0 Å². The summed E-state index contributed by atoms with van der Waals surface area (Å²) < 4.78 is 11.8. The lowest BCUT2D eigenvalue weighted by molar-refractivity contribution is 0.174. The Morgan fingerprint density at radius 3 is 2.85 bits per heavy atom. The van der Waals surface area contributed by atoms with Crippen LogP contribution in [0.5, 0.6) is 11.5 Å². The summed E-state index contributed by atoms with van der Waals surface area (Å²) in [6, 6.07) is 10.1. The van der Waals surface area contributed by atoms with Crippen molar-refractivity contribution < 1.29 is 9.47 Å². The van der Waals surface area contributed by atoms with Gasteiger partial charge < -0.3 is 14.8 Å². The van der Waals surface area contributed by atoms with E-state index in [0.29, 0.717) is 6.79 Å². The first kappa shape index (κ1) is 13.4. The number of hydrogen-bond donors (Lipinski definition) is 1. The molecule has 1 atom stereocenters. The molecule has 0 spiro atoms. The van der Waals surface area contributed by atoms with Gasteiger partial charge in [-0.25, -0.2) is 0 Å². The van der Waals surface area contributed by atoms with Gasteiger partial charge >= 0.3 is 0 Å². The number of halogens is 1. The second kappa shape index (κ2) is 5.81. The highest BCUT2D eigenvalue weighted by Gasteiger charge is 2.16. The van der Waals surface area contributed by atoms with Crippen molar-refractivity contribution in [1.82, 2.24) is 10.3 Å². The monoisotopic (exact) mass is 334 g/mol. The topological polar surface area (TPSA) is 43.4 Å². The molecule has 0 amide bonds. The molecule has 0 unspecified atom stereocenters. The number of nitrogens with zero attached hydrogens (tertiary/aromatic N) is 1. The molecule has 0 aliphatic carbocycles. The van der Waals surface area contributed by atoms with Crippen LogP contribution in [0.2, 0.25) is 0 Å². The predicted octanol–water partition coefficient (Wildman–Crippen LogP) is 3.42. The maximum atomic E-state index is 5.40. The fourth-order valence-corrected chi connectivity index (χ4v) is 2.56. The Morgan fingerprint density at radius 2 is 2.10 bits per heavy atom. The molecule has 0 saturated heterocycles. The average molecular weight is 335 g/mol. The zero-order valence-electron chi connectivity index (χ0n) is 11.1. The number of fused-ring (bicyclic) bond motifs is 1. The quantitative estimate of drug-likeness (QED) is 0.930. The summed E-state index contributed by atoms with van der Waals surface area (Å²) in [5.41, 5.74) is 2.17. The Labute approximate surface area is 126 Å². The molecule has 0 bridgehead atoms. The van der Waals surface area contributed by atoms with E-state index < -0.39 is 0 Å². The molecule has 1 aliphatic heterocycles. The SMILES string of the molecule is C[C@H](NCc1cc2c(cc1Br)OCO2)c1ccccn1. The fourth-order valence-electron chi connectivity index (χ4n) is 2.09. The van der Waals surface area contributed by atoms with Crippen LogP contribution >= 0.6 is 15.9 Å². The van der Waals surface area contributed by atoms with Crippen LogP contribution in [0.15, 0.2) is 41.0 Å². The van der Waals surface area contributed by atoms with Gasteiger partial charge in [-0.1, -0.05) is 22.0 Å². The second-order valence-corrected chi connectivity index (χ2v) is 5.51. The smallest absolute Gasteiger partial charge is 0.231 e. The molecule has 104 valence electrons. The third-order valence-corrected chi connectivity index (χ3v) is 4.01. The largest absolute Gasteiger partial charge is 0.454 e. The molecule has 1 aromatic heterocycles. The van der Waals surface area contributed by atoms with Crippen LogP contribution in [-0.4, -0.2) is 11.8 Å². The maximum Gasteiger partial charge on any atom is 0.231 e. The summed E-state index contributed by atoms with van der Waals surface area (Å²) in [6.45, 7) is 3.13. The standard InChI is InChI=1S/C15H15BrN2O2/c1-10(13-4-2-3-5-17-13)18-8-11-6-14-15(7-12(11)16)20-9-19-14/h2-7,10,18H,8-9H2,1H3/t10-/m0/s1. The van der Waals surface area contributed by atoms with Crippen LogP contribution in [0.4, 0.5) is 0 Å². The fraction of sp³-hybridized carbons (Fsp3) is 0.267. The van der Waals surface area contributed by atoms with Crippen molar-refractivity contribution in [3.8, 4) is 11.5 Å². The van der Waals surface area contributed by atoms with Gasteiger partial charge in [0.25, 0.3) is 0 Å². The lowest BCUT2D eigenvalue weighted by Gasteiger charge is -2.14. The highest BCUT2D eigenvalue weighted by atomic mass is 79.9. The van der Waals surface area contributed by atoms with Crippen molar-refractivity contribution in [2.45, 2.75) is 19.5 Å². The van der Waals surface area contributed by atoms with E-state index in [-0.39, 0.29) is 6.04 Å². The summed E-state index contributed by atoms with van der Waals surface area (Å²) in [5, 5.41) is 3.46. The maximum absolute atomic E-state index is 5.40. The lowest BCUT2D eigenvalue weighted by atomic mass is 10.1. The Kier molecular flexibility index (Phi) is 3.89. The number of nitrogens with one attached hydrogen (secondary N) is 1. The van der Waals surface area contributed by atoms with Crippen molar-refractivity contribution in [2.75, 3.05) is 6.79 Å². The molecule has 0 saturated carbocycles. The highest BCUT2D eigenvalue weighted by Crippen LogP contribution is 2.37. The van der Waals surface area contributed by atoms with Gasteiger partial charge in [0.2, 0.25) is 6.79 Å². The zero-order chi connectivity index (χ0) is 13.9. The summed E-state index contributed by atoms with van der Waals surface area (Å²) in [7, 11) is 0. The molecule has 1 N–H and O–H groups in total. The van der Waals surface area contributed by atoms with Crippen LogP contribution in [-0.2, 0) is 6.54 Å². The van der Waals surface area contributed by atoms with E-state index in [9.17, 15) is 0 Å². The van der Waals surface area contributed by atoms with Crippen molar-refractivity contribution >= 4 is 15.9 Å². The predicted molar refractivity (Wildman–Crippen MR) is 79.8 cm³/mol. The number of pyridine rings is 1. The van der Waals surface area contributed by atoms with Crippen molar-refractivity contribution in [3.05, 3.63) is 52.3 Å². The summed E-state index contributed by atoms with van der Waals surface area (Å²) >= 11 is 3.57. The summed E-state index contributed by atoms with van der Waals surface area (Å²) in [6.07, 6.45) is 1.81. The van der Waals surface area contributed by atoms with Crippen LogP contribution in [0.1, 0.15) is 24.2 Å². The van der Waals surface area contributed by atoms with Gasteiger partial charge in [-0.15, -0.1) is 0 Å². The first-order valence-corrected chi connectivity index (χ1v) is 7.25. The first-order valence-electron chi connectivity index (χ1n) is 6.46. The molecular formula is C15H15BrN2O2. The molecule has 0 radical (unpaired) electrons. The molecule has 1 aromatic carbocycles. The minimum absolute atomic E-state index is 0.188. The van der Waals surface area contributed by atoms with Gasteiger partial charge in [0.1, 0.15) is 0 Å². The zero-order valence-corrected chi connectivity index (χ0v) is 12.7. The number of aromatic nitrogens is 1. The molecule has 3 rings (SSSR count). The van der Waals surface area contributed by atoms with Crippen molar-refractivity contribution in [3.63, 3.8) is 0 Å². The van der Waals surface area contributed by atoms with E-state index in [4.69, 9.17) is 9.47 Å². The molecule has 0 fully saturated rings. The molecule has 1 aliphatic rings.